The van der Waals surface area contributed by atoms with E-state index >= 15 is 0 Å². The molecule has 4 rings (SSSR count). The molecule has 2 aromatic rings. The van der Waals surface area contributed by atoms with Gasteiger partial charge in [-0.1, -0.05) is 0 Å². The van der Waals surface area contributed by atoms with Crippen LogP contribution in [0.15, 0.2) is 42.5 Å². The highest BCUT2D eigenvalue weighted by molar-refractivity contribution is 5.89. The lowest BCUT2D eigenvalue weighted by Gasteiger charge is -2.38. The Kier molecular flexibility index (Phi) is 5.43. The van der Waals surface area contributed by atoms with Crippen LogP contribution >= 0.6 is 0 Å². The molecule has 154 valence electrons. The summed E-state index contributed by atoms with van der Waals surface area (Å²) in [6.45, 7) is 0.816. The third-order valence-corrected chi connectivity index (χ3v) is 5.70. The van der Waals surface area contributed by atoms with Crippen molar-refractivity contribution in [1.29, 1.82) is 0 Å². The summed E-state index contributed by atoms with van der Waals surface area (Å²) < 4.78 is 18.8. The van der Waals surface area contributed by atoms with Gasteiger partial charge in [0.2, 0.25) is 0 Å². The van der Waals surface area contributed by atoms with Gasteiger partial charge in [0.05, 0.1) is 12.2 Å². The van der Waals surface area contributed by atoms with Crippen LogP contribution in [0.4, 0.5) is 14.9 Å². The van der Waals surface area contributed by atoms with E-state index in [1.807, 2.05) is 0 Å². The van der Waals surface area contributed by atoms with Gasteiger partial charge < -0.3 is 25.2 Å². The Balaban J connectivity index is 1.42. The van der Waals surface area contributed by atoms with Gasteiger partial charge in [0, 0.05) is 24.8 Å². The van der Waals surface area contributed by atoms with E-state index in [9.17, 15) is 19.4 Å². The molecule has 1 aliphatic carbocycles. The molecule has 7 heteroatoms. The maximum Gasteiger partial charge on any atom is 0.321 e. The maximum absolute atomic E-state index is 13.1. The molecule has 6 nitrogen and oxygen atoms in total. The standard InChI is InChI=1S/C22H25FN2O4/c23-17-3-5-19(6-4-17)29-20-12-15(14-26)11-18(13-20)24-21(27)25-9-7-22(28,8-10-25)16-1-2-16/h3-6,11-13,16,26,28H,1-2,7-10,14H2,(H,24,27). The molecular weight excluding hydrogens is 375 g/mol. The van der Waals surface area contributed by atoms with Crippen molar-refractivity contribution in [3.05, 3.63) is 53.8 Å². The predicted molar refractivity (Wildman–Crippen MR) is 106 cm³/mol. The number of rotatable bonds is 5. The molecule has 0 spiro atoms. The number of ether oxygens (including phenoxy) is 1. The number of nitrogens with one attached hydrogen (secondary N) is 1. The average molecular weight is 400 g/mol. The average Bonchev–Trinajstić information content (AvgIpc) is 3.56. The number of amides is 2. The van der Waals surface area contributed by atoms with Crippen molar-refractivity contribution >= 4 is 11.7 Å². The van der Waals surface area contributed by atoms with E-state index < -0.39 is 5.60 Å². The van der Waals surface area contributed by atoms with Crippen molar-refractivity contribution in [1.82, 2.24) is 4.90 Å². The van der Waals surface area contributed by atoms with Crippen LogP contribution in [-0.4, -0.2) is 39.8 Å². The topological polar surface area (TPSA) is 82.0 Å². The fourth-order valence-electron chi connectivity index (χ4n) is 3.85. The molecule has 2 fully saturated rings. The monoisotopic (exact) mass is 400 g/mol. The number of likely N-dealkylation sites (tertiary alicyclic amines) is 1. The second-order valence-electron chi connectivity index (χ2n) is 7.87. The quantitative estimate of drug-likeness (QED) is 0.711. The Morgan fingerprint density at radius 3 is 2.45 bits per heavy atom. The van der Waals surface area contributed by atoms with E-state index in [4.69, 9.17) is 4.74 Å². The number of aliphatic hydroxyl groups is 2. The normalized spacial score (nSPS) is 18.4. The summed E-state index contributed by atoms with van der Waals surface area (Å²) in [5.74, 6) is 0.916. The van der Waals surface area contributed by atoms with Crippen molar-refractivity contribution in [3.63, 3.8) is 0 Å². The summed E-state index contributed by atoms with van der Waals surface area (Å²) in [4.78, 5) is 14.4. The second kappa shape index (κ2) is 8.00. The van der Waals surface area contributed by atoms with Crippen molar-refractivity contribution < 1.29 is 24.1 Å². The minimum Gasteiger partial charge on any atom is -0.457 e. The zero-order valence-electron chi connectivity index (χ0n) is 16.1. The van der Waals surface area contributed by atoms with E-state index in [0.717, 1.165) is 12.8 Å². The number of halogens is 1. The minimum absolute atomic E-state index is 0.207. The van der Waals surface area contributed by atoms with Crippen LogP contribution in [0.5, 0.6) is 11.5 Å². The van der Waals surface area contributed by atoms with Gasteiger partial charge in [0.25, 0.3) is 0 Å². The Morgan fingerprint density at radius 1 is 1.14 bits per heavy atom. The van der Waals surface area contributed by atoms with Gasteiger partial charge in [-0.15, -0.1) is 0 Å². The highest BCUT2D eigenvalue weighted by atomic mass is 19.1. The number of hydrogen-bond donors (Lipinski definition) is 3. The van der Waals surface area contributed by atoms with Gasteiger partial charge in [0.1, 0.15) is 17.3 Å². The van der Waals surface area contributed by atoms with E-state index in [1.54, 1.807) is 23.1 Å². The molecule has 29 heavy (non-hydrogen) atoms. The number of carbonyl (C=O) groups excluding carboxylic acids is 1. The largest absolute Gasteiger partial charge is 0.457 e. The van der Waals surface area contributed by atoms with Crippen LogP contribution in [0, 0.1) is 11.7 Å². The first-order valence-corrected chi connectivity index (χ1v) is 9.92. The molecule has 0 bridgehead atoms. The smallest absolute Gasteiger partial charge is 0.321 e. The Labute approximate surface area is 168 Å². The maximum atomic E-state index is 13.1. The summed E-state index contributed by atoms with van der Waals surface area (Å²) in [5.41, 5.74) is 0.465. The molecule has 0 atom stereocenters. The predicted octanol–water partition coefficient (Wildman–Crippen LogP) is 3.88. The van der Waals surface area contributed by atoms with Crippen LogP contribution in [0.3, 0.4) is 0 Å². The number of aliphatic hydroxyl groups excluding tert-OH is 1. The lowest BCUT2D eigenvalue weighted by Crippen LogP contribution is -2.49. The molecule has 0 radical (unpaired) electrons. The third kappa shape index (κ3) is 4.68. The third-order valence-electron chi connectivity index (χ3n) is 5.70. The van der Waals surface area contributed by atoms with Gasteiger partial charge in [-0.25, -0.2) is 9.18 Å². The molecule has 3 N–H and O–H groups in total. The van der Waals surface area contributed by atoms with Gasteiger partial charge in [0.15, 0.2) is 0 Å². The molecule has 1 heterocycles. The fraction of sp³-hybridized carbons (Fsp3) is 0.409. The number of urea groups is 1. The Bertz CT molecular complexity index is 875. The number of hydrogen-bond acceptors (Lipinski definition) is 4. The van der Waals surface area contributed by atoms with E-state index in [0.29, 0.717) is 54.6 Å². The zero-order valence-corrected chi connectivity index (χ0v) is 16.1. The lowest BCUT2D eigenvalue weighted by atomic mass is 9.87. The number of nitrogens with zero attached hydrogens (tertiary/aromatic N) is 1. The molecule has 0 unspecified atom stereocenters. The van der Waals surface area contributed by atoms with Crippen molar-refractivity contribution in [2.75, 3.05) is 18.4 Å². The Hall–Kier alpha value is -2.64. The molecule has 1 saturated heterocycles. The van der Waals surface area contributed by atoms with Gasteiger partial charge in [-0.05, 0) is 73.6 Å². The van der Waals surface area contributed by atoms with Crippen molar-refractivity contribution in [3.8, 4) is 11.5 Å². The molecule has 2 aliphatic rings. The van der Waals surface area contributed by atoms with Crippen molar-refractivity contribution in [2.45, 2.75) is 37.9 Å². The fourth-order valence-corrected chi connectivity index (χ4v) is 3.85. The molecule has 2 aromatic carbocycles. The first kappa shape index (κ1) is 19.7. The lowest BCUT2D eigenvalue weighted by molar-refractivity contribution is -0.0297. The van der Waals surface area contributed by atoms with Gasteiger partial charge >= 0.3 is 6.03 Å². The highest BCUT2D eigenvalue weighted by Crippen LogP contribution is 2.45. The minimum atomic E-state index is -0.621. The summed E-state index contributed by atoms with van der Waals surface area (Å²) in [5, 5.41) is 23.0. The molecule has 2 amide bonds. The first-order chi connectivity index (χ1) is 13.9. The van der Waals surface area contributed by atoms with E-state index in [1.165, 1.54) is 24.3 Å². The number of carbonyl (C=O) groups is 1. The van der Waals surface area contributed by atoms with Crippen LogP contribution < -0.4 is 10.1 Å². The summed E-state index contributed by atoms with van der Waals surface area (Å²) in [7, 11) is 0. The van der Waals surface area contributed by atoms with Gasteiger partial charge in [-0.3, -0.25) is 0 Å². The summed E-state index contributed by atoms with van der Waals surface area (Å²) in [6, 6.07) is 10.4. The SMILES string of the molecule is O=C(Nc1cc(CO)cc(Oc2ccc(F)cc2)c1)N1CCC(O)(C2CC2)CC1. The van der Waals surface area contributed by atoms with Crippen molar-refractivity contribution in [2.24, 2.45) is 5.92 Å². The first-order valence-electron chi connectivity index (χ1n) is 9.92. The van der Waals surface area contributed by atoms with E-state index in [-0.39, 0.29) is 18.5 Å². The Morgan fingerprint density at radius 2 is 1.83 bits per heavy atom. The molecule has 0 aromatic heterocycles. The molecule has 1 aliphatic heterocycles. The zero-order chi connectivity index (χ0) is 20.4. The van der Waals surface area contributed by atoms with Crippen LogP contribution in [0.2, 0.25) is 0 Å². The van der Waals surface area contributed by atoms with Crippen LogP contribution in [0.25, 0.3) is 0 Å². The van der Waals surface area contributed by atoms with Crippen LogP contribution in [0.1, 0.15) is 31.2 Å². The summed E-state index contributed by atoms with van der Waals surface area (Å²) in [6.07, 6.45) is 3.35. The summed E-state index contributed by atoms with van der Waals surface area (Å²) >= 11 is 0. The molecular formula is C22H25FN2O4. The number of benzene rings is 2. The van der Waals surface area contributed by atoms with Crippen LogP contribution in [-0.2, 0) is 6.61 Å². The van der Waals surface area contributed by atoms with E-state index in [2.05, 4.69) is 5.32 Å². The molecule has 1 saturated carbocycles. The highest BCUT2D eigenvalue weighted by Gasteiger charge is 2.45. The number of piperidine rings is 1. The van der Waals surface area contributed by atoms with Gasteiger partial charge in [-0.2, -0.15) is 0 Å². The second-order valence-corrected chi connectivity index (χ2v) is 7.87. The number of anilines is 1.